The van der Waals surface area contributed by atoms with E-state index in [0.717, 1.165) is 5.09 Å². The Kier molecular flexibility index (Phi) is 1.31. The fourth-order valence-electron chi connectivity index (χ4n) is 0.248. The van der Waals surface area contributed by atoms with Crippen LogP contribution in [0.4, 0.5) is 0 Å². The first-order chi connectivity index (χ1) is 3.43. The van der Waals surface area contributed by atoms with E-state index in [-0.39, 0.29) is 0 Å². The van der Waals surface area contributed by atoms with Crippen LogP contribution in [-0.4, -0.2) is 7.11 Å². The molecule has 7 heavy (non-hydrogen) atoms. The minimum Gasteiger partial charge on any atom is -0.484 e. The first kappa shape index (κ1) is 4.64. The van der Waals surface area contributed by atoms with Gasteiger partial charge in [-0.25, -0.2) is 0 Å². The Morgan fingerprint density at radius 2 is 2.86 bits per heavy atom. The van der Waals surface area contributed by atoms with E-state index >= 15 is 0 Å². The Hall–Kier alpha value is -0.510. The second kappa shape index (κ2) is 1.97. The van der Waals surface area contributed by atoms with Crippen molar-refractivity contribution in [2.45, 2.75) is 0 Å². The lowest BCUT2D eigenvalue weighted by Gasteiger charge is -1.83. The summed E-state index contributed by atoms with van der Waals surface area (Å²) in [4.78, 5) is 0. The molecule has 0 aromatic heterocycles. The van der Waals surface area contributed by atoms with Crippen LogP contribution in [0.5, 0.6) is 0 Å². The zero-order valence-corrected chi connectivity index (χ0v) is 4.60. The lowest BCUT2D eigenvalue weighted by atomic mass is 11.0. The van der Waals surface area contributed by atoms with Crippen molar-refractivity contribution in [1.29, 1.82) is 0 Å². The molecule has 0 aromatic rings. The molecule has 0 saturated heterocycles. The van der Waals surface area contributed by atoms with Crippen molar-refractivity contribution in [2.75, 3.05) is 7.11 Å². The largest absolute Gasteiger partial charge is 0.484 e. The topological polar surface area (TPSA) is 35.7 Å². The van der Waals surface area contributed by atoms with E-state index in [9.17, 15) is 0 Å². The summed E-state index contributed by atoms with van der Waals surface area (Å²) in [5, 5.41) is 4.29. The van der Waals surface area contributed by atoms with Gasteiger partial charge in [0.25, 0.3) is 9.61 Å². The molecular formula is C3H4N2OS+. The van der Waals surface area contributed by atoms with Gasteiger partial charge in [-0.05, 0) is 0 Å². The van der Waals surface area contributed by atoms with E-state index in [1.165, 1.54) is 11.9 Å². The first-order valence-corrected chi connectivity index (χ1v) is 2.52. The molecule has 1 rings (SSSR count). The third kappa shape index (κ3) is 0.928. The number of methoxy groups -OCH3 is 1. The summed E-state index contributed by atoms with van der Waals surface area (Å²) in [7, 11) is 1.59. The van der Waals surface area contributed by atoms with Gasteiger partial charge in [-0.3, -0.25) is 0 Å². The predicted molar refractivity (Wildman–Crippen MR) is 27.2 cm³/mol. The molecule has 0 unspecified atom stereocenters. The molecule has 0 saturated carbocycles. The molecule has 0 aliphatic carbocycles. The van der Waals surface area contributed by atoms with Crippen LogP contribution >= 0.6 is 11.9 Å². The van der Waals surface area contributed by atoms with Crippen molar-refractivity contribution in [3.63, 3.8) is 0 Å². The highest BCUT2D eigenvalue weighted by Crippen LogP contribution is 2.15. The molecule has 0 N–H and O–H groups in total. The fourth-order valence-corrected chi connectivity index (χ4v) is 0.592. The minimum atomic E-state index is 0.750. The SMILES string of the molecule is COC1=CN=[N+]S1. The summed E-state index contributed by atoms with van der Waals surface area (Å²) < 4.78 is 8.31. The third-order valence-corrected chi connectivity index (χ3v) is 1.17. The van der Waals surface area contributed by atoms with E-state index in [1.54, 1.807) is 13.3 Å². The smallest absolute Gasteiger partial charge is 0.352 e. The number of hydrogen-bond acceptors (Lipinski definition) is 4. The molecule has 1 radical (unpaired) electrons. The summed E-state index contributed by atoms with van der Waals surface area (Å²) in [5.41, 5.74) is 0. The van der Waals surface area contributed by atoms with Gasteiger partial charge in [0.15, 0.2) is 6.20 Å². The Morgan fingerprint density at radius 1 is 2.00 bits per heavy atom. The highest BCUT2D eigenvalue weighted by Gasteiger charge is 2.14. The van der Waals surface area contributed by atoms with E-state index in [2.05, 4.69) is 9.63 Å². The Morgan fingerprint density at radius 3 is 3.14 bits per heavy atom. The van der Waals surface area contributed by atoms with Gasteiger partial charge in [0.1, 0.15) is 0 Å². The van der Waals surface area contributed by atoms with Crippen molar-refractivity contribution in [3.8, 4) is 0 Å². The lowest BCUT2D eigenvalue weighted by Crippen LogP contribution is -1.73. The molecule has 0 bridgehead atoms. The summed E-state index contributed by atoms with van der Waals surface area (Å²) in [5.74, 6) is 0. The maximum atomic E-state index is 4.75. The highest BCUT2D eigenvalue weighted by molar-refractivity contribution is 8.00. The summed E-state index contributed by atoms with van der Waals surface area (Å²) in [6, 6.07) is 0. The zero-order chi connectivity index (χ0) is 5.11. The van der Waals surface area contributed by atoms with Crippen molar-refractivity contribution >= 4 is 11.9 Å². The lowest BCUT2D eigenvalue weighted by molar-refractivity contribution is 0.325. The Balaban J connectivity index is 2.45. The number of ether oxygens (including phenoxy) is 1. The molecule has 1 heterocycles. The van der Waals surface area contributed by atoms with Gasteiger partial charge >= 0.3 is 11.9 Å². The van der Waals surface area contributed by atoms with Crippen molar-refractivity contribution in [1.82, 2.24) is 4.52 Å². The van der Waals surface area contributed by atoms with Gasteiger partial charge in [-0.1, -0.05) is 0 Å². The van der Waals surface area contributed by atoms with E-state index in [1.807, 2.05) is 0 Å². The van der Waals surface area contributed by atoms with Crippen molar-refractivity contribution in [2.24, 2.45) is 5.11 Å². The van der Waals surface area contributed by atoms with Crippen LogP contribution in [0.15, 0.2) is 16.4 Å². The van der Waals surface area contributed by atoms with Gasteiger partial charge in [0.2, 0.25) is 0 Å². The average molecular weight is 116 g/mol. The van der Waals surface area contributed by atoms with Gasteiger partial charge < -0.3 is 4.74 Å². The molecule has 0 fully saturated rings. The first-order valence-electron chi connectivity index (χ1n) is 1.75. The van der Waals surface area contributed by atoms with Crippen LogP contribution in [-0.2, 0) is 4.74 Å². The molecule has 1 aliphatic heterocycles. The molecule has 37 valence electrons. The Labute approximate surface area is 45.6 Å². The van der Waals surface area contributed by atoms with Gasteiger partial charge in [-0.15, -0.1) is 0 Å². The number of hydrogen-bond donors (Lipinski definition) is 0. The second-order valence-electron chi connectivity index (χ2n) is 0.941. The maximum absolute atomic E-state index is 4.75. The molecular weight excluding hydrogens is 112 g/mol. The minimum absolute atomic E-state index is 0.750. The summed E-state index contributed by atoms with van der Waals surface area (Å²) >= 11 is 1.24. The molecule has 0 spiro atoms. The maximum Gasteiger partial charge on any atom is 0.352 e. The monoisotopic (exact) mass is 116 g/mol. The van der Waals surface area contributed by atoms with Crippen LogP contribution in [0, 0.1) is 0 Å². The zero-order valence-electron chi connectivity index (χ0n) is 3.79. The fraction of sp³-hybridized carbons (Fsp3) is 0.333. The van der Waals surface area contributed by atoms with Crippen molar-refractivity contribution in [3.05, 3.63) is 11.3 Å². The van der Waals surface area contributed by atoms with Gasteiger partial charge in [0.05, 0.1) is 12.2 Å². The van der Waals surface area contributed by atoms with Crippen LogP contribution in [0.25, 0.3) is 0 Å². The summed E-state index contributed by atoms with van der Waals surface area (Å²) in [6.45, 7) is 0. The van der Waals surface area contributed by atoms with E-state index in [0.29, 0.717) is 0 Å². The van der Waals surface area contributed by atoms with Crippen molar-refractivity contribution < 1.29 is 4.74 Å². The highest BCUT2D eigenvalue weighted by atomic mass is 32.2. The molecule has 1 aliphatic rings. The number of rotatable bonds is 1. The standard InChI is InChI=1S/C3H4N2OS/c1-6-3-2-4-5-7-3/h2H,1H3/q+1. The van der Waals surface area contributed by atoms with Gasteiger partial charge in [0, 0.05) is 0 Å². The van der Waals surface area contributed by atoms with Crippen LogP contribution in [0.1, 0.15) is 0 Å². The normalized spacial score (nSPS) is 17.0. The van der Waals surface area contributed by atoms with Gasteiger partial charge in [-0.2, -0.15) is 0 Å². The van der Waals surface area contributed by atoms with E-state index < -0.39 is 0 Å². The van der Waals surface area contributed by atoms with Crippen LogP contribution in [0.2, 0.25) is 0 Å². The van der Waals surface area contributed by atoms with Crippen LogP contribution < -0.4 is 4.52 Å². The average Bonchev–Trinajstić information content (AvgIpc) is 2.14. The quantitative estimate of drug-likeness (QED) is 0.477. The summed E-state index contributed by atoms with van der Waals surface area (Å²) in [6.07, 6.45) is 1.57. The molecule has 0 atom stereocenters. The molecule has 0 amide bonds. The number of nitrogens with zero attached hydrogens (tertiary/aromatic N) is 2. The molecule has 3 nitrogen and oxygen atoms in total. The van der Waals surface area contributed by atoms with Crippen LogP contribution in [0.3, 0.4) is 0 Å². The predicted octanol–water partition coefficient (Wildman–Crippen LogP) is 0.881. The second-order valence-corrected chi connectivity index (χ2v) is 1.69. The Bertz CT molecular complexity index is 120. The molecule has 0 aromatic carbocycles. The molecule has 4 heteroatoms. The third-order valence-electron chi connectivity index (χ3n) is 0.542. The van der Waals surface area contributed by atoms with E-state index in [4.69, 9.17) is 4.74 Å².